The van der Waals surface area contributed by atoms with Gasteiger partial charge < -0.3 is 10.5 Å². The smallest absolute Gasteiger partial charge is 0.383 e. The summed E-state index contributed by atoms with van der Waals surface area (Å²) in [5.74, 6) is 0. The van der Waals surface area contributed by atoms with Gasteiger partial charge in [0, 0.05) is 7.11 Å². The summed E-state index contributed by atoms with van der Waals surface area (Å²) in [7, 11) is 1.49. The minimum absolute atomic E-state index is 0.137. The predicted molar refractivity (Wildman–Crippen MR) is 56.7 cm³/mol. The second-order valence-corrected chi connectivity index (χ2v) is 3.93. The van der Waals surface area contributed by atoms with Gasteiger partial charge >= 0.3 is 6.18 Å². The summed E-state index contributed by atoms with van der Waals surface area (Å²) in [6.07, 6.45) is -4.19. The molecule has 1 aromatic rings. The number of halogens is 4. The van der Waals surface area contributed by atoms with Crippen LogP contribution >= 0.6 is 11.6 Å². The molecule has 0 radical (unpaired) electrons. The van der Waals surface area contributed by atoms with Gasteiger partial charge in [-0.3, -0.25) is 4.68 Å². The molecule has 1 rings (SSSR count). The fourth-order valence-electron chi connectivity index (χ4n) is 1.44. The van der Waals surface area contributed by atoms with E-state index in [1.807, 2.05) is 0 Å². The van der Waals surface area contributed by atoms with E-state index in [0.717, 1.165) is 0 Å². The van der Waals surface area contributed by atoms with E-state index < -0.39 is 18.6 Å². The van der Waals surface area contributed by atoms with E-state index in [9.17, 15) is 13.2 Å². The van der Waals surface area contributed by atoms with Crippen LogP contribution in [0.1, 0.15) is 18.2 Å². The maximum Gasteiger partial charge on any atom is 0.390 e. The van der Waals surface area contributed by atoms with E-state index in [-0.39, 0.29) is 10.7 Å². The number of aromatic nitrogens is 2. The molecular weight excluding hydrogens is 259 g/mol. The Bertz CT molecular complexity index is 367. The Morgan fingerprint density at radius 2 is 2.24 bits per heavy atom. The second-order valence-electron chi connectivity index (χ2n) is 3.52. The van der Waals surface area contributed by atoms with Gasteiger partial charge in [0.15, 0.2) is 0 Å². The molecule has 0 saturated carbocycles. The molecule has 98 valence electrons. The normalized spacial score (nSPS) is 14.0. The van der Waals surface area contributed by atoms with Crippen molar-refractivity contribution >= 4 is 11.6 Å². The lowest BCUT2D eigenvalue weighted by molar-refractivity contribution is -0.138. The topological polar surface area (TPSA) is 53.1 Å². The first-order valence-corrected chi connectivity index (χ1v) is 5.25. The third-order valence-corrected chi connectivity index (χ3v) is 2.43. The Morgan fingerprint density at radius 1 is 1.59 bits per heavy atom. The molecule has 0 aliphatic heterocycles. The van der Waals surface area contributed by atoms with E-state index in [4.69, 9.17) is 22.1 Å². The first-order valence-electron chi connectivity index (χ1n) is 4.87. The molecule has 1 unspecified atom stereocenters. The molecule has 0 saturated heterocycles. The molecule has 1 atom stereocenters. The van der Waals surface area contributed by atoms with Crippen molar-refractivity contribution in [2.24, 2.45) is 5.73 Å². The third kappa shape index (κ3) is 4.18. The molecule has 0 aliphatic rings. The zero-order valence-corrected chi connectivity index (χ0v) is 9.92. The Labute approximate surface area is 101 Å². The Balaban J connectivity index is 2.83. The van der Waals surface area contributed by atoms with Gasteiger partial charge in [-0.05, 0) is 0 Å². The second kappa shape index (κ2) is 5.70. The molecule has 0 bridgehead atoms. The molecule has 2 N–H and O–H groups in total. The fourth-order valence-corrected chi connectivity index (χ4v) is 1.72. The molecule has 1 aromatic heterocycles. The maximum absolute atomic E-state index is 12.2. The number of alkyl halides is 3. The van der Waals surface area contributed by atoms with Crippen LogP contribution in [0.3, 0.4) is 0 Å². The van der Waals surface area contributed by atoms with Crippen LogP contribution in [-0.2, 0) is 11.3 Å². The van der Waals surface area contributed by atoms with Crippen LogP contribution in [0.4, 0.5) is 13.2 Å². The van der Waals surface area contributed by atoms with E-state index in [0.29, 0.717) is 13.2 Å². The van der Waals surface area contributed by atoms with Gasteiger partial charge in [-0.25, -0.2) is 0 Å². The van der Waals surface area contributed by atoms with E-state index in [1.54, 1.807) is 0 Å². The summed E-state index contributed by atoms with van der Waals surface area (Å²) in [6.45, 7) is 0.633. The number of nitrogens with two attached hydrogens (primary N) is 1. The van der Waals surface area contributed by atoms with Crippen molar-refractivity contribution < 1.29 is 17.9 Å². The molecule has 0 fully saturated rings. The lowest BCUT2D eigenvalue weighted by atomic mass is 10.1. The molecular formula is C9H13ClF3N3O. The molecule has 0 amide bonds. The van der Waals surface area contributed by atoms with Crippen LogP contribution in [-0.4, -0.2) is 29.7 Å². The third-order valence-electron chi connectivity index (χ3n) is 2.14. The number of hydrogen-bond donors (Lipinski definition) is 1. The van der Waals surface area contributed by atoms with Crippen molar-refractivity contribution in [2.75, 3.05) is 13.7 Å². The van der Waals surface area contributed by atoms with Crippen molar-refractivity contribution in [3.63, 3.8) is 0 Å². The highest BCUT2D eigenvalue weighted by atomic mass is 35.5. The van der Waals surface area contributed by atoms with E-state index in [2.05, 4.69) is 5.10 Å². The molecule has 1 heterocycles. The summed E-state index contributed by atoms with van der Waals surface area (Å²) < 4.78 is 42.9. The fraction of sp³-hybridized carbons (Fsp3) is 0.667. The minimum Gasteiger partial charge on any atom is -0.383 e. The summed E-state index contributed by atoms with van der Waals surface area (Å²) in [5, 5.41) is 4.00. The molecule has 17 heavy (non-hydrogen) atoms. The van der Waals surface area contributed by atoms with Crippen molar-refractivity contribution in [3.05, 3.63) is 16.9 Å². The van der Waals surface area contributed by atoms with Crippen LogP contribution in [0.15, 0.2) is 6.20 Å². The summed E-state index contributed by atoms with van der Waals surface area (Å²) in [6, 6.07) is -1.22. The Morgan fingerprint density at radius 3 is 2.76 bits per heavy atom. The highest BCUT2D eigenvalue weighted by Gasteiger charge is 2.33. The van der Waals surface area contributed by atoms with Crippen LogP contribution in [0.2, 0.25) is 5.02 Å². The average molecular weight is 272 g/mol. The first kappa shape index (κ1) is 14.3. The Hall–Kier alpha value is -0.790. The van der Waals surface area contributed by atoms with Gasteiger partial charge in [0.25, 0.3) is 0 Å². The zero-order chi connectivity index (χ0) is 13.1. The molecule has 0 spiro atoms. The summed E-state index contributed by atoms with van der Waals surface area (Å²) in [4.78, 5) is 0. The maximum atomic E-state index is 12.2. The molecule has 4 nitrogen and oxygen atoms in total. The lowest BCUT2D eigenvalue weighted by Gasteiger charge is -2.16. The quantitative estimate of drug-likeness (QED) is 0.893. The van der Waals surface area contributed by atoms with Crippen LogP contribution < -0.4 is 5.73 Å². The van der Waals surface area contributed by atoms with Gasteiger partial charge in [-0.15, -0.1) is 0 Å². The minimum atomic E-state index is -4.33. The van der Waals surface area contributed by atoms with Crippen molar-refractivity contribution in [1.29, 1.82) is 0 Å². The molecule has 8 heteroatoms. The first-order chi connectivity index (χ1) is 7.85. The number of methoxy groups -OCH3 is 1. The zero-order valence-electron chi connectivity index (χ0n) is 9.17. The average Bonchev–Trinajstić information content (AvgIpc) is 2.54. The van der Waals surface area contributed by atoms with Crippen molar-refractivity contribution in [3.8, 4) is 0 Å². The van der Waals surface area contributed by atoms with Gasteiger partial charge in [0.2, 0.25) is 0 Å². The summed E-state index contributed by atoms with van der Waals surface area (Å²) >= 11 is 5.78. The summed E-state index contributed by atoms with van der Waals surface area (Å²) in [5.41, 5.74) is 5.67. The van der Waals surface area contributed by atoms with Gasteiger partial charge in [-0.1, -0.05) is 11.6 Å². The standard InChI is InChI=1S/C9H13ClF3N3O/c1-17-3-2-16-8(6(10)5-15-16)7(14)4-9(11,12)13/h5,7H,2-4,14H2,1H3. The van der Waals surface area contributed by atoms with E-state index >= 15 is 0 Å². The van der Waals surface area contributed by atoms with E-state index in [1.165, 1.54) is 18.0 Å². The Kier molecular flexibility index (Phi) is 4.79. The molecule has 0 aromatic carbocycles. The number of rotatable bonds is 5. The SMILES string of the molecule is COCCn1ncc(Cl)c1C(N)CC(F)(F)F. The predicted octanol–water partition coefficient (Wildman–Crippen LogP) is 2.14. The highest BCUT2D eigenvalue weighted by Crippen LogP contribution is 2.31. The van der Waals surface area contributed by atoms with Crippen LogP contribution in [0.5, 0.6) is 0 Å². The monoisotopic (exact) mass is 271 g/mol. The van der Waals surface area contributed by atoms with Crippen molar-refractivity contribution in [2.45, 2.75) is 25.2 Å². The van der Waals surface area contributed by atoms with Crippen LogP contribution in [0, 0.1) is 0 Å². The number of nitrogens with zero attached hydrogens (tertiary/aromatic N) is 2. The molecule has 0 aliphatic carbocycles. The van der Waals surface area contributed by atoms with Gasteiger partial charge in [-0.2, -0.15) is 18.3 Å². The largest absolute Gasteiger partial charge is 0.390 e. The number of ether oxygens (including phenoxy) is 1. The lowest BCUT2D eigenvalue weighted by Crippen LogP contribution is -2.24. The number of hydrogen-bond acceptors (Lipinski definition) is 3. The van der Waals surface area contributed by atoms with Crippen molar-refractivity contribution in [1.82, 2.24) is 9.78 Å². The van der Waals surface area contributed by atoms with Gasteiger partial charge in [0.1, 0.15) is 0 Å². The van der Waals surface area contributed by atoms with Gasteiger partial charge in [0.05, 0.1) is 42.5 Å². The highest BCUT2D eigenvalue weighted by molar-refractivity contribution is 6.31. The van der Waals surface area contributed by atoms with Crippen LogP contribution in [0.25, 0.3) is 0 Å².